The minimum atomic E-state index is -3.95. The fourth-order valence-electron chi connectivity index (χ4n) is 5.39. The molecule has 2 saturated heterocycles. The van der Waals surface area contributed by atoms with Gasteiger partial charge in [0.15, 0.2) is 11.5 Å². The van der Waals surface area contributed by atoms with Crippen molar-refractivity contribution >= 4 is 32.9 Å². The van der Waals surface area contributed by atoms with E-state index in [0.717, 1.165) is 55.4 Å². The topological polar surface area (TPSA) is 110 Å². The summed E-state index contributed by atoms with van der Waals surface area (Å²) in [4.78, 5) is 19.0. The number of piperidine rings is 2. The number of nitrogens with zero attached hydrogens (tertiary/aromatic N) is 3. The number of carbonyl (C=O) groups excluding carboxylic acids is 1. The fraction of sp³-hybridized carbons (Fsp3) is 0.615. The van der Waals surface area contributed by atoms with Gasteiger partial charge in [0.05, 0.1) is 19.7 Å². The zero-order chi connectivity index (χ0) is 26.8. The predicted molar refractivity (Wildman–Crippen MR) is 142 cm³/mol. The number of carbonyl (C=O) groups is 1. The third kappa shape index (κ3) is 6.38. The Morgan fingerprint density at radius 1 is 1.03 bits per heavy atom. The second-order valence-corrected chi connectivity index (χ2v) is 12.4. The highest BCUT2D eigenvalue weighted by Gasteiger charge is 2.36. The molecule has 1 atom stereocenters. The first-order valence-corrected chi connectivity index (χ1v) is 14.2. The van der Waals surface area contributed by atoms with Gasteiger partial charge in [0, 0.05) is 49.5 Å². The first-order valence-electron chi connectivity index (χ1n) is 12.8. The molecule has 11 heteroatoms. The standard InChI is InChI=1S/C26H38N4O6S/c1-26(2,3)36-25(31)28-37(32,33)30-12-6-7-19(17-30)18-9-13-29(14-10-18)22-8-11-27-21-16-24(35-5)23(34-4)15-20(21)22/h8,11,15-16,18-19H,6-7,9-10,12-14,17H2,1-5H3,(H,28,31). The van der Waals surface area contributed by atoms with Gasteiger partial charge in [0.25, 0.3) is 0 Å². The maximum Gasteiger partial charge on any atom is 0.422 e. The summed E-state index contributed by atoms with van der Waals surface area (Å²) in [5.74, 6) is 1.99. The van der Waals surface area contributed by atoms with Crippen LogP contribution in [0.5, 0.6) is 11.5 Å². The van der Waals surface area contributed by atoms with Crippen LogP contribution in [0.3, 0.4) is 0 Å². The SMILES string of the molecule is COc1cc2nccc(N3CCC(C4CCCN(S(=O)(=O)NC(=O)OC(C)(C)C)C4)CC3)c2cc1OC. The van der Waals surface area contributed by atoms with Crippen LogP contribution in [-0.4, -0.2) is 69.8 Å². The Bertz CT molecular complexity index is 1220. The average molecular weight is 535 g/mol. The summed E-state index contributed by atoms with van der Waals surface area (Å²) in [6.07, 6.45) is 4.57. The number of anilines is 1. The number of aromatic nitrogens is 1. The summed E-state index contributed by atoms with van der Waals surface area (Å²) in [5, 5.41) is 1.02. The van der Waals surface area contributed by atoms with Crippen LogP contribution in [0, 0.1) is 11.8 Å². The Kier molecular flexibility index (Phi) is 8.03. The van der Waals surface area contributed by atoms with E-state index in [0.29, 0.717) is 30.5 Å². The monoisotopic (exact) mass is 534 g/mol. The molecule has 2 aromatic rings. The van der Waals surface area contributed by atoms with Crippen LogP contribution in [0.1, 0.15) is 46.5 Å². The molecule has 1 N–H and O–H groups in total. The van der Waals surface area contributed by atoms with Crippen molar-refractivity contribution in [2.75, 3.05) is 45.3 Å². The van der Waals surface area contributed by atoms with Gasteiger partial charge < -0.3 is 19.1 Å². The number of hydrogen-bond donors (Lipinski definition) is 1. The number of rotatable bonds is 6. The van der Waals surface area contributed by atoms with Gasteiger partial charge in [0.1, 0.15) is 5.60 Å². The van der Waals surface area contributed by atoms with Crippen LogP contribution in [0.25, 0.3) is 10.9 Å². The minimum absolute atomic E-state index is 0.254. The van der Waals surface area contributed by atoms with Gasteiger partial charge in [-0.1, -0.05) is 0 Å². The van der Waals surface area contributed by atoms with Crippen LogP contribution < -0.4 is 19.1 Å². The quantitative estimate of drug-likeness (QED) is 0.593. The molecule has 2 aliphatic heterocycles. The number of fused-ring (bicyclic) bond motifs is 1. The smallest absolute Gasteiger partial charge is 0.422 e. The molecule has 1 amide bonds. The number of nitrogens with one attached hydrogen (secondary N) is 1. The normalized spacial score (nSPS) is 20.0. The van der Waals surface area contributed by atoms with Crippen molar-refractivity contribution in [3.63, 3.8) is 0 Å². The van der Waals surface area contributed by atoms with Gasteiger partial charge in [0.2, 0.25) is 0 Å². The summed E-state index contributed by atoms with van der Waals surface area (Å²) < 4.78 is 45.2. The molecule has 3 heterocycles. The zero-order valence-electron chi connectivity index (χ0n) is 22.3. The number of pyridine rings is 1. The summed E-state index contributed by atoms with van der Waals surface area (Å²) in [6, 6.07) is 5.91. The lowest BCUT2D eigenvalue weighted by molar-refractivity contribution is 0.0565. The van der Waals surface area contributed by atoms with Gasteiger partial charge in [-0.25, -0.2) is 9.52 Å². The van der Waals surface area contributed by atoms with Gasteiger partial charge in [-0.3, -0.25) is 4.98 Å². The summed E-state index contributed by atoms with van der Waals surface area (Å²) in [7, 11) is -0.706. The maximum atomic E-state index is 12.9. The Morgan fingerprint density at radius 3 is 2.35 bits per heavy atom. The minimum Gasteiger partial charge on any atom is -0.493 e. The first-order chi connectivity index (χ1) is 17.5. The second kappa shape index (κ2) is 10.9. The van der Waals surface area contributed by atoms with Crippen molar-refractivity contribution < 1.29 is 27.4 Å². The van der Waals surface area contributed by atoms with E-state index in [4.69, 9.17) is 14.2 Å². The third-order valence-corrected chi connectivity index (χ3v) is 8.58. The largest absolute Gasteiger partial charge is 0.493 e. The van der Waals surface area contributed by atoms with Crippen molar-refractivity contribution in [1.29, 1.82) is 0 Å². The molecule has 2 fully saturated rings. The van der Waals surface area contributed by atoms with Gasteiger partial charge in [-0.15, -0.1) is 0 Å². The average Bonchev–Trinajstić information content (AvgIpc) is 2.86. The van der Waals surface area contributed by atoms with E-state index in [1.165, 1.54) is 4.31 Å². The Hall–Kier alpha value is -2.79. The van der Waals surface area contributed by atoms with Crippen molar-refractivity contribution in [1.82, 2.24) is 14.0 Å². The highest BCUT2D eigenvalue weighted by molar-refractivity contribution is 7.87. The highest BCUT2D eigenvalue weighted by Crippen LogP contribution is 2.38. The summed E-state index contributed by atoms with van der Waals surface area (Å²) >= 11 is 0. The van der Waals surface area contributed by atoms with Crippen molar-refractivity contribution in [3.8, 4) is 11.5 Å². The molecule has 1 aromatic carbocycles. The molecule has 0 radical (unpaired) electrons. The zero-order valence-corrected chi connectivity index (χ0v) is 23.1. The fourth-order valence-corrected chi connectivity index (χ4v) is 6.53. The lowest BCUT2D eigenvalue weighted by Crippen LogP contribution is -2.50. The molecule has 0 bridgehead atoms. The van der Waals surface area contributed by atoms with E-state index in [9.17, 15) is 13.2 Å². The van der Waals surface area contributed by atoms with Crippen LogP contribution >= 0.6 is 0 Å². The molecule has 1 unspecified atom stereocenters. The predicted octanol–water partition coefficient (Wildman–Crippen LogP) is 3.95. The van der Waals surface area contributed by atoms with E-state index in [-0.39, 0.29) is 5.92 Å². The first kappa shape index (κ1) is 27.3. The third-order valence-electron chi connectivity index (χ3n) is 7.14. The van der Waals surface area contributed by atoms with E-state index in [1.54, 1.807) is 35.0 Å². The molecule has 0 saturated carbocycles. The molecule has 4 rings (SSSR count). The summed E-state index contributed by atoms with van der Waals surface area (Å²) in [5.41, 5.74) is 1.19. The molecule has 1 aromatic heterocycles. The van der Waals surface area contributed by atoms with E-state index >= 15 is 0 Å². The maximum absolute atomic E-state index is 12.9. The van der Waals surface area contributed by atoms with Crippen molar-refractivity contribution in [2.45, 2.75) is 52.1 Å². The molecule has 2 aliphatic rings. The van der Waals surface area contributed by atoms with Crippen LogP contribution in [0.4, 0.5) is 10.5 Å². The van der Waals surface area contributed by atoms with Crippen molar-refractivity contribution in [2.24, 2.45) is 11.8 Å². The van der Waals surface area contributed by atoms with Gasteiger partial charge in [-0.2, -0.15) is 12.7 Å². The van der Waals surface area contributed by atoms with Gasteiger partial charge in [-0.05, 0) is 70.4 Å². The van der Waals surface area contributed by atoms with Crippen LogP contribution in [-0.2, 0) is 14.9 Å². The summed E-state index contributed by atoms with van der Waals surface area (Å²) in [6.45, 7) is 7.66. The number of benzene rings is 1. The van der Waals surface area contributed by atoms with Crippen LogP contribution in [0.2, 0.25) is 0 Å². The second-order valence-electron chi connectivity index (χ2n) is 10.7. The Balaban J connectivity index is 1.41. The Morgan fingerprint density at radius 2 is 1.70 bits per heavy atom. The number of ether oxygens (including phenoxy) is 3. The number of amides is 1. The number of methoxy groups -OCH3 is 2. The highest BCUT2D eigenvalue weighted by atomic mass is 32.2. The molecular weight excluding hydrogens is 496 g/mol. The van der Waals surface area contributed by atoms with E-state index in [1.807, 2.05) is 24.4 Å². The lowest BCUT2D eigenvalue weighted by Gasteiger charge is -2.41. The van der Waals surface area contributed by atoms with Gasteiger partial charge >= 0.3 is 16.3 Å². The molecule has 204 valence electrons. The Labute approximate surface area is 219 Å². The molecule has 10 nitrogen and oxygen atoms in total. The molecule has 0 aliphatic carbocycles. The number of hydrogen-bond acceptors (Lipinski definition) is 8. The lowest BCUT2D eigenvalue weighted by atomic mass is 9.80. The van der Waals surface area contributed by atoms with Crippen LogP contribution in [0.15, 0.2) is 24.4 Å². The molecule has 37 heavy (non-hydrogen) atoms. The van der Waals surface area contributed by atoms with Crippen molar-refractivity contribution in [3.05, 3.63) is 24.4 Å². The van der Waals surface area contributed by atoms with E-state index in [2.05, 4.69) is 14.6 Å². The van der Waals surface area contributed by atoms with E-state index < -0.39 is 21.9 Å². The molecule has 0 spiro atoms. The molecular formula is C26H38N4O6S.